The molecule has 1 heterocycles. The van der Waals surface area contributed by atoms with Crippen molar-refractivity contribution in [1.29, 1.82) is 0 Å². The molecule has 0 spiro atoms. The van der Waals surface area contributed by atoms with Crippen molar-refractivity contribution in [3.8, 4) is 0 Å². The van der Waals surface area contributed by atoms with Gasteiger partial charge < -0.3 is 0 Å². The van der Waals surface area contributed by atoms with E-state index in [0.29, 0.717) is 0 Å². The zero-order valence-corrected chi connectivity index (χ0v) is 8.74. The fourth-order valence-electron chi connectivity index (χ4n) is 2.16. The van der Waals surface area contributed by atoms with Gasteiger partial charge in [-0.1, -0.05) is 29.8 Å². The Kier molecular flexibility index (Phi) is 2.87. The van der Waals surface area contributed by atoms with Crippen molar-refractivity contribution in [2.75, 3.05) is 13.1 Å². The molecule has 1 aliphatic rings. The molecule has 0 aromatic heterocycles. The third kappa shape index (κ3) is 2.16. The molecule has 1 saturated heterocycles. The van der Waals surface area contributed by atoms with E-state index in [1.165, 1.54) is 24.0 Å². The lowest BCUT2D eigenvalue weighted by Gasteiger charge is -2.28. The van der Waals surface area contributed by atoms with E-state index >= 15 is 0 Å². The average Bonchev–Trinajstić information content (AvgIpc) is 2.19. The van der Waals surface area contributed by atoms with E-state index in [2.05, 4.69) is 31.2 Å². The van der Waals surface area contributed by atoms with Gasteiger partial charge in [0.25, 0.3) is 0 Å². The molecule has 1 fully saturated rings. The second kappa shape index (κ2) is 4.14. The van der Waals surface area contributed by atoms with Gasteiger partial charge in [0.15, 0.2) is 0 Å². The molecule has 1 aromatic carbocycles. The van der Waals surface area contributed by atoms with Crippen LogP contribution in [0.3, 0.4) is 0 Å². The molecule has 1 aliphatic heterocycles. The van der Waals surface area contributed by atoms with Crippen LogP contribution in [0.4, 0.5) is 0 Å². The van der Waals surface area contributed by atoms with Crippen LogP contribution < -0.4 is 0 Å². The molecular formula is C13H17N. The third-order valence-electron chi connectivity index (χ3n) is 3.04. The fraction of sp³-hybridized carbons (Fsp3) is 0.462. The number of likely N-dealkylation sites (tertiary alicyclic amines) is 1. The second-order valence-electron chi connectivity index (χ2n) is 4.22. The van der Waals surface area contributed by atoms with Crippen LogP contribution in [0.5, 0.6) is 0 Å². The van der Waals surface area contributed by atoms with Crippen LogP contribution in [0.15, 0.2) is 24.3 Å². The molecule has 14 heavy (non-hydrogen) atoms. The SMILES string of the molecule is [CH]N1CCC(c2cccc(C)c2)CC1. The van der Waals surface area contributed by atoms with Crippen LogP contribution in [0.1, 0.15) is 29.9 Å². The van der Waals surface area contributed by atoms with Gasteiger partial charge in [0.1, 0.15) is 0 Å². The minimum Gasteiger partial charge on any atom is -0.297 e. The molecule has 0 N–H and O–H groups in total. The van der Waals surface area contributed by atoms with E-state index in [0.717, 1.165) is 19.0 Å². The number of hydrogen-bond acceptors (Lipinski definition) is 1. The summed E-state index contributed by atoms with van der Waals surface area (Å²) in [5.74, 6) is 0.717. The van der Waals surface area contributed by atoms with Crippen molar-refractivity contribution in [2.24, 2.45) is 0 Å². The maximum Gasteiger partial charge on any atom is 0.0438 e. The third-order valence-corrected chi connectivity index (χ3v) is 3.04. The first kappa shape index (κ1) is 9.72. The van der Waals surface area contributed by atoms with Crippen LogP contribution in [0.2, 0.25) is 0 Å². The van der Waals surface area contributed by atoms with Crippen molar-refractivity contribution in [3.63, 3.8) is 0 Å². The number of rotatable bonds is 1. The minimum atomic E-state index is 0.717. The maximum atomic E-state index is 5.74. The van der Waals surface area contributed by atoms with Gasteiger partial charge >= 0.3 is 0 Å². The molecule has 74 valence electrons. The molecule has 0 atom stereocenters. The van der Waals surface area contributed by atoms with Crippen LogP contribution in [0, 0.1) is 14.0 Å². The first-order valence-electron chi connectivity index (χ1n) is 5.32. The summed E-state index contributed by atoms with van der Waals surface area (Å²) in [4.78, 5) is 1.92. The van der Waals surface area contributed by atoms with Gasteiger partial charge in [0, 0.05) is 7.05 Å². The molecule has 0 saturated carbocycles. The van der Waals surface area contributed by atoms with Crippen molar-refractivity contribution in [1.82, 2.24) is 4.90 Å². The van der Waals surface area contributed by atoms with Gasteiger partial charge in [-0.15, -0.1) is 0 Å². The molecule has 2 rings (SSSR count). The first-order chi connectivity index (χ1) is 6.75. The first-order valence-corrected chi connectivity index (χ1v) is 5.32. The van der Waals surface area contributed by atoms with Crippen LogP contribution in [-0.4, -0.2) is 18.0 Å². The quantitative estimate of drug-likeness (QED) is 0.653. The highest BCUT2D eigenvalue weighted by Gasteiger charge is 2.17. The highest BCUT2D eigenvalue weighted by Crippen LogP contribution is 2.27. The van der Waals surface area contributed by atoms with Gasteiger partial charge in [-0.25, -0.2) is 0 Å². The molecule has 0 aliphatic carbocycles. The fourth-order valence-corrected chi connectivity index (χ4v) is 2.16. The minimum absolute atomic E-state index is 0.717. The summed E-state index contributed by atoms with van der Waals surface area (Å²) >= 11 is 0. The Morgan fingerprint density at radius 1 is 1.29 bits per heavy atom. The van der Waals surface area contributed by atoms with Gasteiger partial charge in [-0.2, -0.15) is 0 Å². The summed E-state index contributed by atoms with van der Waals surface area (Å²) in [5, 5.41) is 0. The Morgan fingerprint density at radius 2 is 2.00 bits per heavy atom. The molecule has 1 nitrogen and oxygen atoms in total. The van der Waals surface area contributed by atoms with Crippen LogP contribution in [0.25, 0.3) is 0 Å². The van der Waals surface area contributed by atoms with Gasteiger partial charge in [-0.05, 0) is 44.3 Å². The highest BCUT2D eigenvalue weighted by molar-refractivity contribution is 5.25. The number of benzene rings is 1. The Bertz CT molecular complexity index is 298. The lowest BCUT2D eigenvalue weighted by Crippen LogP contribution is -2.27. The number of aryl methyl sites for hydroxylation is 1. The molecule has 1 heteroatoms. The van der Waals surface area contributed by atoms with Gasteiger partial charge in [-0.3, -0.25) is 4.90 Å². The molecule has 1 aromatic rings. The summed E-state index contributed by atoms with van der Waals surface area (Å²) in [6.45, 7) is 4.21. The summed E-state index contributed by atoms with van der Waals surface area (Å²) in [6.07, 6.45) is 2.39. The zero-order chi connectivity index (χ0) is 9.97. The predicted molar refractivity (Wildman–Crippen MR) is 59.0 cm³/mol. The lowest BCUT2D eigenvalue weighted by molar-refractivity contribution is 0.280. The lowest BCUT2D eigenvalue weighted by atomic mass is 9.89. The molecule has 0 bridgehead atoms. The molecular weight excluding hydrogens is 170 g/mol. The average molecular weight is 187 g/mol. The summed E-state index contributed by atoms with van der Waals surface area (Å²) in [5.41, 5.74) is 2.84. The van der Waals surface area contributed by atoms with E-state index in [4.69, 9.17) is 7.05 Å². The van der Waals surface area contributed by atoms with Crippen molar-refractivity contribution < 1.29 is 0 Å². The Labute approximate surface area is 86.7 Å². The largest absolute Gasteiger partial charge is 0.297 e. The number of hydrogen-bond donors (Lipinski definition) is 0. The molecule has 0 amide bonds. The topological polar surface area (TPSA) is 3.24 Å². The Balaban J connectivity index is 2.08. The van der Waals surface area contributed by atoms with Crippen molar-refractivity contribution >= 4 is 0 Å². The number of piperidine rings is 1. The molecule has 0 unspecified atom stereocenters. The van der Waals surface area contributed by atoms with Crippen LogP contribution >= 0.6 is 0 Å². The van der Waals surface area contributed by atoms with E-state index in [9.17, 15) is 0 Å². The van der Waals surface area contributed by atoms with Gasteiger partial charge in [0.05, 0.1) is 0 Å². The van der Waals surface area contributed by atoms with Crippen LogP contribution in [-0.2, 0) is 0 Å². The maximum absolute atomic E-state index is 5.74. The predicted octanol–water partition coefficient (Wildman–Crippen LogP) is 2.84. The Hall–Kier alpha value is -0.820. The summed E-state index contributed by atoms with van der Waals surface area (Å²) < 4.78 is 0. The molecule has 2 radical (unpaired) electrons. The van der Waals surface area contributed by atoms with Gasteiger partial charge in [0.2, 0.25) is 0 Å². The smallest absolute Gasteiger partial charge is 0.0438 e. The van der Waals surface area contributed by atoms with E-state index < -0.39 is 0 Å². The summed E-state index contributed by atoms with van der Waals surface area (Å²) in [6, 6.07) is 8.85. The van der Waals surface area contributed by atoms with E-state index in [-0.39, 0.29) is 0 Å². The number of nitrogens with zero attached hydrogens (tertiary/aromatic N) is 1. The van der Waals surface area contributed by atoms with E-state index in [1.54, 1.807) is 0 Å². The van der Waals surface area contributed by atoms with E-state index in [1.807, 2.05) is 4.90 Å². The summed E-state index contributed by atoms with van der Waals surface area (Å²) in [7, 11) is 5.74. The monoisotopic (exact) mass is 187 g/mol. The Morgan fingerprint density at radius 3 is 2.64 bits per heavy atom. The normalized spacial score (nSPS) is 19.9. The highest BCUT2D eigenvalue weighted by atomic mass is 15.1. The van der Waals surface area contributed by atoms with Crippen molar-refractivity contribution in [2.45, 2.75) is 25.7 Å². The second-order valence-corrected chi connectivity index (χ2v) is 4.22. The van der Waals surface area contributed by atoms with Crippen molar-refractivity contribution in [3.05, 3.63) is 42.4 Å². The zero-order valence-electron chi connectivity index (χ0n) is 8.74. The standard InChI is InChI=1S/C13H17N/c1-11-4-3-5-13(10-11)12-6-8-14(2)9-7-12/h2-5,10,12H,6-9H2,1H3.